The fourth-order valence-corrected chi connectivity index (χ4v) is 4.41. The summed E-state index contributed by atoms with van der Waals surface area (Å²) in [7, 11) is 1.88. The van der Waals surface area contributed by atoms with Crippen LogP contribution in [-0.2, 0) is 16.1 Å². The van der Waals surface area contributed by atoms with Gasteiger partial charge in [-0.1, -0.05) is 6.07 Å². The van der Waals surface area contributed by atoms with Crippen LogP contribution in [0.5, 0.6) is 0 Å². The van der Waals surface area contributed by atoms with Crippen molar-refractivity contribution in [2.75, 3.05) is 39.8 Å². The van der Waals surface area contributed by atoms with Crippen molar-refractivity contribution in [3.05, 3.63) is 30.1 Å². The molecule has 0 bridgehead atoms. The molecule has 30 heavy (non-hydrogen) atoms. The Hall–Kier alpha value is -1.99. The minimum Gasteiger partial charge on any atom is -0.350 e. The summed E-state index contributed by atoms with van der Waals surface area (Å²) >= 11 is 0. The standard InChI is InChI=1S/C23H37N5O2/c1-18(2)26(3)22(29)17-27-13-9-21(10-14-27)28-12-6-7-19(16-28)23(30)25-15-20-8-4-5-11-24-20/h4-5,8,11,18-19,21H,6-7,9-10,12-17H2,1-3H3,(H,25,30)/t19-/m1/s1. The number of hydrogen-bond donors (Lipinski definition) is 1. The number of hydrogen-bond acceptors (Lipinski definition) is 5. The van der Waals surface area contributed by atoms with E-state index in [1.165, 1.54) is 0 Å². The van der Waals surface area contributed by atoms with E-state index in [1.807, 2.05) is 44.0 Å². The Bertz CT molecular complexity index is 688. The highest BCUT2D eigenvalue weighted by molar-refractivity contribution is 5.79. The molecule has 7 nitrogen and oxygen atoms in total. The van der Waals surface area contributed by atoms with Gasteiger partial charge in [0, 0.05) is 45.0 Å². The van der Waals surface area contributed by atoms with Gasteiger partial charge in [-0.25, -0.2) is 0 Å². The summed E-state index contributed by atoms with van der Waals surface area (Å²) in [5.74, 6) is 0.401. The zero-order chi connectivity index (χ0) is 21.5. The monoisotopic (exact) mass is 415 g/mol. The van der Waals surface area contributed by atoms with Gasteiger partial charge in [-0.15, -0.1) is 0 Å². The van der Waals surface area contributed by atoms with Crippen LogP contribution in [-0.4, -0.2) is 83.4 Å². The Morgan fingerprint density at radius 2 is 1.97 bits per heavy atom. The zero-order valence-corrected chi connectivity index (χ0v) is 18.7. The van der Waals surface area contributed by atoms with Gasteiger partial charge in [0.1, 0.15) is 0 Å². The molecule has 2 aliphatic heterocycles. The summed E-state index contributed by atoms with van der Waals surface area (Å²) in [5, 5.41) is 3.06. The molecule has 2 aliphatic rings. The Labute approximate surface area is 180 Å². The first kappa shape index (κ1) is 22.7. The molecule has 166 valence electrons. The Morgan fingerprint density at radius 1 is 1.20 bits per heavy atom. The largest absolute Gasteiger partial charge is 0.350 e. The van der Waals surface area contributed by atoms with Gasteiger partial charge < -0.3 is 10.2 Å². The van der Waals surface area contributed by atoms with Crippen molar-refractivity contribution in [2.24, 2.45) is 5.92 Å². The van der Waals surface area contributed by atoms with Crippen molar-refractivity contribution in [3.63, 3.8) is 0 Å². The summed E-state index contributed by atoms with van der Waals surface area (Å²) in [6, 6.07) is 6.52. The summed E-state index contributed by atoms with van der Waals surface area (Å²) in [5.41, 5.74) is 0.892. The molecule has 3 heterocycles. The molecule has 0 spiro atoms. The highest BCUT2D eigenvalue weighted by Gasteiger charge is 2.32. The van der Waals surface area contributed by atoms with Crippen molar-refractivity contribution in [1.82, 2.24) is 25.0 Å². The number of amides is 2. The molecular formula is C23H37N5O2. The molecule has 7 heteroatoms. The molecule has 0 radical (unpaired) electrons. The first-order valence-corrected chi connectivity index (χ1v) is 11.3. The van der Waals surface area contributed by atoms with Crippen molar-refractivity contribution >= 4 is 11.8 Å². The third-order valence-corrected chi connectivity index (χ3v) is 6.59. The minimum absolute atomic E-state index is 0.0572. The molecule has 1 aromatic rings. The van der Waals surface area contributed by atoms with Gasteiger partial charge in [0.25, 0.3) is 0 Å². The molecule has 2 amide bonds. The van der Waals surface area contributed by atoms with Gasteiger partial charge in [-0.3, -0.25) is 24.4 Å². The molecule has 1 atom stereocenters. The number of piperidine rings is 2. The van der Waals surface area contributed by atoms with Crippen molar-refractivity contribution in [3.8, 4) is 0 Å². The Balaban J connectivity index is 1.42. The van der Waals surface area contributed by atoms with Gasteiger partial charge in [-0.2, -0.15) is 0 Å². The average molecular weight is 416 g/mol. The van der Waals surface area contributed by atoms with E-state index < -0.39 is 0 Å². The molecule has 2 saturated heterocycles. The number of aromatic nitrogens is 1. The van der Waals surface area contributed by atoms with Crippen LogP contribution < -0.4 is 5.32 Å². The maximum Gasteiger partial charge on any atom is 0.236 e. The van der Waals surface area contributed by atoms with Crippen LogP contribution in [0.3, 0.4) is 0 Å². The summed E-state index contributed by atoms with van der Waals surface area (Å²) in [6.45, 7) is 8.92. The van der Waals surface area contributed by atoms with E-state index in [4.69, 9.17) is 0 Å². The fraction of sp³-hybridized carbons (Fsp3) is 0.696. The topological polar surface area (TPSA) is 68.8 Å². The number of carbonyl (C=O) groups is 2. The normalized spacial score (nSPS) is 21.5. The van der Waals surface area contributed by atoms with Crippen LogP contribution in [0.1, 0.15) is 45.2 Å². The molecule has 2 fully saturated rings. The smallest absolute Gasteiger partial charge is 0.236 e. The maximum absolute atomic E-state index is 12.7. The van der Waals surface area contributed by atoms with Crippen LogP contribution in [0.2, 0.25) is 0 Å². The molecule has 3 rings (SSSR count). The number of carbonyl (C=O) groups excluding carboxylic acids is 2. The van der Waals surface area contributed by atoms with Gasteiger partial charge in [0.15, 0.2) is 0 Å². The van der Waals surface area contributed by atoms with Crippen molar-refractivity contribution in [2.45, 2.75) is 58.2 Å². The highest BCUT2D eigenvalue weighted by atomic mass is 16.2. The molecular weight excluding hydrogens is 378 g/mol. The summed E-state index contributed by atoms with van der Waals surface area (Å²) in [6.07, 6.45) is 5.92. The van der Waals surface area contributed by atoms with Gasteiger partial charge in [-0.05, 0) is 58.2 Å². The summed E-state index contributed by atoms with van der Waals surface area (Å²) < 4.78 is 0. The van der Waals surface area contributed by atoms with E-state index in [9.17, 15) is 9.59 Å². The second kappa shape index (κ2) is 10.9. The second-order valence-corrected chi connectivity index (χ2v) is 8.98. The minimum atomic E-state index is 0.0572. The van der Waals surface area contributed by atoms with Crippen LogP contribution in [0.25, 0.3) is 0 Å². The van der Waals surface area contributed by atoms with Crippen LogP contribution in [0, 0.1) is 5.92 Å². The van der Waals surface area contributed by atoms with E-state index >= 15 is 0 Å². The summed E-state index contributed by atoms with van der Waals surface area (Å²) in [4.78, 5) is 35.9. The SMILES string of the molecule is CC(C)N(C)C(=O)CN1CCC(N2CCC[C@@H](C(=O)NCc3ccccn3)C2)CC1. The van der Waals surface area contributed by atoms with E-state index in [-0.39, 0.29) is 23.8 Å². The van der Waals surface area contributed by atoms with Gasteiger partial charge in [0.2, 0.25) is 11.8 Å². The number of likely N-dealkylation sites (N-methyl/N-ethyl adjacent to an activating group) is 1. The van der Waals surface area contributed by atoms with Crippen LogP contribution in [0.15, 0.2) is 24.4 Å². The van der Waals surface area contributed by atoms with E-state index in [0.29, 0.717) is 19.1 Å². The highest BCUT2D eigenvalue weighted by Crippen LogP contribution is 2.24. The van der Waals surface area contributed by atoms with Gasteiger partial charge in [0.05, 0.1) is 24.7 Å². The van der Waals surface area contributed by atoms with Crippen molar-refractivity contribution in [1.29, 1.82) is 0 Å². The van der Waals surface area contributed by atoms with Crippen LogP contribution in [0.4, 0.5) is 0 Å². The lowest BCUT2D eigenvalue weighted by molar-refractivity contribution is -0.133. The second-order valence-electron chi connectivity index (χ2n) is 8.98. The first-order valence-electron chi connectivity index (χ1n) is 11.3. The van der Waals surface area contributed by atoms with E-state index in [1.54, 1.807) is 6.20 Å². The van der Waals surface area contributed by atoms with E-state index in [0.717, 1.165) is 57.6 Å². The lowest BCUT2D eigenvalue weighted by Gasteiger charge is -2.42. The average Bonchev–Trinajstić information content (AvgIpc) is 2.78. The third-order valence-electron chi connectivity index (χ3n) is 6.59. The third kappa shape index (κ3) is 6.25. The Morgan fingerprint density at radius 3 is 2.63 bits per heavy atom. The van der Waals surface area contributed by atoms with E-state index in [2.05, 4.69) is 20.1 Å². The quantitative estimate of drug-likeness (QED) is 0.735. The lowest BCUT2D eigenvalue weighted by Crippen LogP contribution is -2.52. The fourth-order valence-electron chi connectivity index (χ4n) is 4.41. The molecule has 0 aromatic carbocycles. The molecule has 0 aliphatic carbocycles. The molecule has 1 N–H and O–H groups in total. The lowest BCUT2D eigenvalue weighted by atomic mass is 9.93. The first-order chi connectivity index (χ1) is 14.4. The zero-order valence-electron chi connectivity index (χ0n) is 18.7. The molecule has 0 saturated carbocycles. The number of likely N-dealkylation sites (tertiary alicyclic amines) is 2. The van der Waals surface area contributed by atoms with Gasteiger partial charge >= 0.3 is 0 Å². The molecule has 0 unspecified atom stereocenters. The predicted molar refractivity (Wildman–Crippen MR) is 118 cm³/mol. The molecule has 1 aromatic heterocycles. The Kier molecular flexibility index (Phi) is 8.22. The maximum atomic E-state index is 12.7. The van der Waals surface area contributed by atoms with Crippen LogP contribution >= 0.6 is 0 Å². The number of rotatable bonds is 7. The van der Waals surface area contributed by atoms with Crippen molar-refractivity contribution < 1.29 is 9.59 Å². The predicted octanol–water partition coefficient (Wildman–Crippen LogP) is 1.74. The number of nitrogens with zero attached hydrogens (tertiary/aromatic N) is 4. The number of nitrogens with one attached hydrogen (secondary N) is 1. The number of pyridine rings is 1.